The van der Waals surface area contributed by atoms with Crippen LogP contribution in [-0.4, -0.2) is 38.6 Å². The van der Waals surface area contributed by atoms with Crippen molar-refractivity contribution in [2.45, 2.75) is 83.3 Å². The molecule has 0 unspecified atom stereocenters. The van der Waals surface area contributed by atoms with Crippen LogP contribution in [0.25, 0.3) is 0 Å². The highest BCUT2D eigenvalue weighted by Gasteiger charge is 2.45. The number of amides is 1. The topological polar surface area (TPSA) is 52.6 Å². The monoisotopic (exact) mass is 348 g/mol. The van der Waals surface area contributed by atoms with Crippen LogP contribution >= 0.6 is 15.9 Å². The van der Waals surface area contributed by atoms with Crippen LogP contribution in [0, 0.1) is 0 Å². The maximum Gasteiger partial charge on any atom is 0.220 e. The lowest BCUT2D eigenvalue weighted by Crippen LogP contribution is -2.62. The molecule has 118 valence electrons. The molecule has 1 heterocycles. The Balaban J connectivity index is 2.46. The van der Waals surface area contributed by atoms with Crippen molar-refractivity contribution in [1.82, 2.24) is 10.4 Å². The zero-order valence-corrected chi connectivity index (χ0v) is 14.8. The van der Waals surface area contributed by atoms with E-state index in [0.29, 0.717) is 6.42 Å². The molecule has 1 fully saturated rings. The second-order valence-electron chi connectivity index (χ2n) is 7.11. The summed E-state index contributed by atoms with van der Waals surface area (Å²) in [5, 5.41) is 15.8. The fourth-order valence-corrected chi connectivity index (χ4v) is 3.63. The molecule has 5 heteroatoms. The molecule has 1 saturated heterocycles. The number of nitrogens with one attached hydrogen (secondary N) is 1. The van der Waals surface area contributed by atoms with E-state index in [1.165, 1.54) is 5.06 Å². The van der Waals surface area contributed by atoms with Crippen LogP contribution in [-0.2, 0) is 4.79 Å². The molecule has 0 radical (unpaired) electrons. The SMILES string of the molecule is CC1(C)CC(NC(=O)CCCCCBr)CC(C)(C)N1O. The Morgan fingerprint density at radius 2 is 1.75 bits per heavy atom. The molecule has 4 nitrogen and oxygen atoms in total. The number of alkyl halides is 1. The minimum absolute atomic E-state index is 0.141. The van der Waals surface area contributed by atoms with E-state index in [1.807, 2.05) is 27.7 Å². The second-order valence-corrected chi connectivity index (χ2v) is 7.90. The van der Waals surface area contributed by atoms with Gasteiger partial charge in [0.1, 0.15) is 0 Å². The van der Waals surface area contributed by atoms with Crippen LogP contribution in [0.3, 0.4) is 0 Å². The molecule has 1 aliphatic rings. The van der Waals surface area contributed by atoms with Gasteiger partial charge in [-0.3, -0.25) is 4.79 Å². The van der Waals surface area contributed by atoms with E-state index in [0.717, 1.165) is 37.4 Å². The Labute approximate surface area is 131 Å². The fourth-order valence-electron chi connectivity index (χ4n) is 3.23. The first-order valence-corrected chi connectivity index (χ1v) is 8.66. The van der Waals surface area contributed by atoms with Crippen molar-refractivity contribution < 1.29 is 10.0 Å². The molecule has 20 heavy (non-hydrogen) atoms. The molecular weight excluding hydrogens is 320 g/mol. The standard InChI is InChI=1S/C15H29BrN2O2/c1-14(2)10-12(11-15(3,4)18(14)20)17-13(19)8-6-5-7-9-16/h12,20H,5-11H2,1-4H3,(H,17,19). The molecule has 0 saturated carbocycles. The van der Waals surface area contributed by atoms with Crippen molar-refractivity contribution in [1.29, 1.82) is 0 Å². The van der Waals surface area contributed by atoms with Gasteiger partial charge in [0, 0.05) is 28.9 Å². The Hall–Kier alpha value is -0.130. The number of unbranched alkanes of at least 4 members (excludes halogenated alkanes) is 2. The molecular formula is C15H29BrN2O2. The van der Waals surface area contributed by atoms with Crippen molar-refractivity contribution in [2.75, 3.05) is 5.33 Å². The number of hydroxylamine groups is 2. The maximum atomic E-state index is 12.0. The summed E-state index contributed by atoms with van der Waals surface area (Å²) >= 11 is 3.40. The van der Waals surface area contributed by atoms with Gasteiger partial charge in [0.25, 0.3) is 0 Å². The minimum Gasteiger partial charge on any atom is -0.353 e. The third kappa shape index (κ3) is 5.01. The van der Waals surface area contributed by atoms with E-state index in [-0.39, 0.29) is 23.0 Å². The number of carbonyl (C=O) groups is 1. The summed E-state index contributed by atoms with van der Waals surface area (Å²) in [6.45, 7) is 8.07. The van der Waals surface area contributed by atoms with E-state index in [9.17, 15) is 10.0 Å². The third-order valence-electron chi connectivity index (χ3n) is 4.04. The van der Waals surface area contributed by atoms with Crippen molar-refractivity contribution in [3.05, 3.63) is 0 Å². The summed E-state index contributed by atoms with van der Waals surface area (Å²) in [7, 11) is 0. The quantitative estimate of drug-likeness (QED) is 0.570. The molecule has 0 atom stereocenters. The minimum atomic E-state index is -0.310. The van der Waals surface area contributed by atoms with Crippen molar-refractivity contribution in [3.8, 4) is 0 Å². The van der Waals surface area contributed by atoms with Crippen LogP contribution < -0.4 is 5.32 Å². The van der Waals surface area contributed by atoms with Gasteiger partial charge < -0.3 is 10.5 Å². The highest BCUT2D eigenvalue weighted by atomic mass is 79.9. The van der Waals surface area contributed by atoms with Gasteiger partial charge in [0.2, 0.25) is 5.91 Å². The van der Waals surface area contributed by atoms with Gasteiger partial charge in [0.15, 0.2) is 0 Å². The van der Waals surface area contributed by atoms with Crippen LogP contribution in [0.5, 0.6) is 0 Å². The molecule has 0 bridgehead atoms. The molecule has 0 aliphatic carbocycles. The average Bonchev–Trinajstić information content (AvgIpc) is 2.31. The maximum absolute atomic E-state index is 12.0. The first kappa shape index (κ1) is 17.9. The van der Waals surface area contributed by atoms with Gasteiger partial charge >= 0.3 is 0 Å². The van der Waals surface area contributed by atoms with E-state index >= 15 is 0 Å². The van der Waals surface area contributed by atoms with Gasteiger partial charge in [-0.1, -0.05) is 22.4 Å². The van der Waals surface area contributed by atoms with Crippen LogP contribution in [0.1, 0.15) is 66.2 Å². The summed E-state index contributed by atoms with van der Waals surface area (Å²) < 4.78 is 0. The molecule has 1 amide bonds. The van der Waals surface area contributed by atoms with E-state index in [4.69, 9.17) is 0 Å². The van der Waals surface area contributed by atoms with E-state index in [1.54, 1.807) is 0 Å². The predicted octanol–water partition coefficient (Wildman–Crippen LogP) is 3.47. The summed E-state index contributed by atoms with van der Waals surface area (Å²) in [5.41, 5.74) is -0.620. The summed E-state index contributed by atoms with van der Waals surface area (Å²) in [5.74, 6) is 0.141. The Bertz CT molecular complexity index is 314. The molecule has 0 spiro atoms. The zero-order valence-electron chi connectivity index (χ0n) is 13.2. The Morgan fingerprint density at radius 3 is 2.25 bits per heavy atom. The average molecular weight is 349 g/mol. The van der Waals surface area contributed by atoms with Crippen molar-refractivity contribution in [2.24, 2.45) is 0 Å². The predicted molar refractivity (Wildman–Crippen MR) is 85.2 cm³/mol. The first-order chi connectivity index (χ1) is 9.19. The van der Waals surface area contributed by atoms with E-state index < -0.39 is 0 Å². The molecule has 0 aromatic heterocycles. The number of piperidine rings is 1. The van der Waals surface area contributed by atoms with Gasteiger partial charge in [0.05, 0.1) is 0 Å². The second kappa shape index (κ2) is 7.23. The highest BCUT2D eigenvalue weighted by Crippen LogP contribution is 2.36. The number of hydrogen-bond acceptors (Lipinski definition) is 3. The van der Waals surface area contributed by atoms with Gasteiger partial charge in [-0.25, -0.2) is 0 Å². The Kier molecular flexibility index (Phi) is 6.48. The largest absolute Gasteiger partial charge is 0.353 e. The smallest absolute Gasteiger partial charge is 0.220 e. The van der Waals surface area contributed by atoms with Crippen LogP contribution in [0.4, 0.5) is 0 Å². The molecule has 2 N–H and O–H groups in total. The number of halogens is 1. The van der Waals surface area contributed by atoms with Gasteiger partial charge in [-0.15, -0.1) is 0 Å². The lowest BCUT2D eigenvalue weighted by atomic mass is 9.79. The lowest BCUT2D eigenvalue weighted by molar-refractivity contribution is -0.246. The number of hydrogen-bond donors (Lipinski definition) is 2. The zero-order chi connectivity index (χ0) is 15.4. The summed E-state index contributed by atoms with van der Waals surface area (Å²) in [6, 6.07) is 0.145. The number of carbonyl (C=O) groups excluding carboxylic acids is 1. The number of rotatable bonds is 6. The fraction of sp³-hybridized carbons (Fsp3) is 0.933. The summed E-state index contributed by atoms with van der Waals surface area (Å²) in [4.78, 5) is 12.0. The molecule has 0 aromatic rings. The number of nitrogens with zero attached hydrogens (tertiary/aromatic N) is 1. The van der Waals surface area contributed by atoms with Crippen LogP contribution in [0.15, 0.2) is 0 Å². The van der Waals surface area contributed by atoms with Crippen molar-refractivity contribution in [3.63, 3.8) is 0 Å². The first-order valence-electron chi connectivity index (χ1n) is 7.53. The third-order valence-corrected chi connectivity index (χ3v) is 4.60. The molecule has 1 rings (SSSR count). The van der Waals surface area contributed by atoms with Gasteiger partial charge in [-0.05, 0) is 53.4 Å². The lowest BCUT2D eigenvalue weighted by Gasteiger charge is -2.51. The van der Waals surface area contributed by atoms with Crippen molar-refractivity contribution >= 4 is 21.8 Å². The highest BCUT2D eigenvalue weighted by molar-refractivity contribution is 9.09. The summed E-state index contributed by atoms with van der Waals surface area (Å²) in [6.07, 6.45) is 5.32. The molecule has 1 aliphatic heterocycles. The van der Waals surface area contributed by atoms with E-state index in [2.05, 4.69) is 21.2 Å². The molecule has 0 aromatic carbocycles. The van der Waals surface area contributed by atoms with Gasteiger partial charge in [-0.2, -0.15) is 5.06 Å². The van der Waals surface area contributed by atoms with Crippen LogP contribution in [0.2, 0.25) is 0 Å². The normalized spacial score (nSPS) is 22.7. The Morgan fingerprint density at radius 1 is 1.20 bits per heavy atom.